The van der Waals surface area contributed by atoms with Crippen molar-refractivity contribution in [2.75, 3.05) is 33.2 Å². The molecule has 0 bridgehead atoms. The number of hydrogen-bond donors (Lipinski definition) is 2. The van der Waals surface area contributed by atoms with Gasteiger partial charge in [-0.3, -0.25) is 9.59 Å². The van der Waals surface area contributed by atoms with Gasteiger partial charge < -0.3 is 15.5 Å². The van der Waals surface area contributed by atoms with Gasteiger partial charge in [0.2, 0.25) is 5.91 Å². The lowest BCUT2D eigenvalue weighted by molar-refractivity contribution is -0.116. The SMILES string of the molecule is CNC(=O)c1ccc(C=CC(=O)NCC(C)CN2CCCC2)cc1. The largest absolute Gasteiger partial charge is 0.355 e. The predicted molar refractivity (Wildman–Crippen MR) is 96.7 cm³/mol. The zero-order chi connectivity index (χ0) is 17.4. The van der Waals surface area contributed by atoms with Gasteiger partial charge in [-0.25, -0.2) is 0 Å². The van der Waals surface area contributed by atoms with Gasteiger partial charge in [-0.15, -0.1) is 0 Å². The molecule has 2 N–H and O–H groups in total. The van der Waals surface area contributed by atoms with Crippen molar-refractivity contribution in [1.29, 1.82) is 0 Å². The molecule has 130 valence electrons. The third-order valence-electron chi connectivity index (χ3n) is 4.22. The van der Waals surface area contributed by atoms with Crippen LogP contribution in [0, 0.1) is 5.92 Å². The van der Waals surface area contributed by atoms with Crippen molar-refractivity contribution in [2.45, 2.75) is 19.8 Å². The minimum atomic E-state index is -0.115. The van der Waals surface area contributed by atoms with Crippen LogP contribution < -0.4 is 10.6 Å². The van der Waals surface area contributed by atoms with Gasteiger partial charge in [0.15, 0.2) is 0 Å². The standard InChI is InChI=1S/C19H27N3O2/c1-15(14-22-11-3-4-12-22)13-21-18(23)10-7-16-5-8-17(9-6-16)19(24)20-2/h5-10,15H,3-4,11-14H2,1-2H3,(H,20,24)(H,21,23). The Balaban J connectivity index is 1.74. The third-order valence-corrected chi connectivity index (χ3v) is 4.22. The first kappa shape index (κ1) is 18.2. The molecule has 1 aliphatic heterocycles. The lowest BCUT2D eigenvalue weighted by Crippen LogP contribution is -2.33. The summed E-state index contributed by atoms with van der Waals surface area (Å²) in [6, 6.07) is 7.14. The van der Waals surface area contributed by atoms with Crippen molar-refractivity contribution in [3.05, 3.63) is 41.5 Å². The molecule has 0 aliphatic carbocycles. The van der Waals surface area contributed by atoms with Crippen molar-refractivity contribution in [3.63, 3.8) is 0 Å². The molecule has 0 saturated carbocycles. The Morgan fingerprint density at radius 1 is 1.21 bits per heavy atom. The second-order valence-corrected chi connectivity index (χ2v) is 6.39. The monoisotopic (exact) mass is 329 g/mol. The Kier molecular flexibility index (Phi) is 7.00. The number of carbonyl (C=O) groups is 2. The highest BCUT2D eigenvalue weighted by molar-refractivity contribution is 5.94. The van der Waals surface area contributed by atoms with E-state index in [0.29, 0.717) is 18.0 Å². The number of amides is 2. The van der Waals surface area contributed by atoms with Crippen molar-refractivity contribution in [2.24, 2.45) is 5.92 Å². The molecule has 1 fully saturated rings. The highest BCUT2D eigenvalue weighted by Gasteiger charge is 2.14. The van der Waals surface area contributed by atoms with Gasteiger partial charge in [-0.2, -0.15) is 0 Å². The van der Waals surface area contributed by atoms with Gasteiger partial charge in [0.1, 0.15) is 0 Å². The van der Waals surface area contributed by atoms with E-state index in [0.717, 1.165) is 12.1 Å². The molecule has 5 nitrogen and oxygen atoms in total. The van der Waals surface area contributed by atoms with Crippen LogP contribution in [0.1, 0.15) is 35.7 Å². The fourth-order valence-electron chi connectivity index (χ4n) is 2.87. The molecule has 0 aromatic heterocycles. The fourth-order valence-corrected chi connectivity index (χ4v) is 2.87. The molecule has 2 rings (SSSR count). The number of nitrogens with zero attached hydrogens (tertiary/aromatic N) is 1. The van der Waals surface area contributed by atoms with E-state index in [9.17, 15) is 9.59 Å². The number of benzene rings is 1. The van der Waals surface area contributed by atoms with Gasteiger partial charge in [0.25, 0.3) is 5.91 Å². The van der Waals surface area contributed by atoms with Crippen molar-refractivity contribution in [1.82, 2.24) is 15.5 Å². The lowest BCUT2D eigenvalue weighted by Gasteiger charge is -2.20. The number of hydrogen-bond acceptors (Lipinski definition) is 3. The molecule has 5 heteroatoms. The van der Waals surface area contributed by atoms with Crippen LogP contribution in [0.2, 0.25) is 0 Å². The van der Waals surface area contributed by atoms with Crippen LogP contribution in [0.3, 0.4) is 0 Å². The normalized spacial score (nSPS) is 16.2. The van der Waals surface area contributed by atoms with E-state index < -0.39 is 0 Å². The zero-order valence-corrected chi connectivity index (χ0v) is 14.5. The van der Waals surface area contributed by atoms with Gasteiger partial charge in [0, 0.05) is 31.8 Å². The minimum absolute atomic E-state index is 0.0846. The molecule has 1 aromatic carbocycles. The Labute approximate surface area is 144 Å². The van der Waals surface area contributed by atoms with Crippen molar-refractivity contribution >= 4 is 17.9 Å². The molecule has 1 atom stereocenters. The van der Waals surface area contributed by atoms with Gasteiger partial charge in [0.05, 0.1) is 0 Å². The van der Waals surface area contributed by atoms with Crippen LogP contribution in [0.15, 0.2) is 30.3 Å². The smallest absolute Gasteiger partial charge is 0.251 e. The second kappa shape index (κ2) is 9.23. The zero-order valence-electron chi connectivity index (χ0n) is 14.5. The third kappa shape index (κ3) is 5.81. The van der Waals surface area contributed by atoms with Crippen molar-refractivity contribution in [3.8, 4) is 0 Å². The van der Waals surface area contributed by atoms with Crippen LogP contribution in [0.25, 0.3) is 6.08 Å². The van der Waals surface area contributed by atoms with E-state index in [1.807, 2.05) is 12.1 Å². The summed E-state index contributed by atoms with van der Waals surface area (Å²) >= 11 is 0. The first-order valence-corrected chi connectivity index (χ1v) is 8.59. The summed E-state index contributed by atoms with van der Waals surface area (Å²) < 4.78 is 0. The molecule has 1 aromatic rings. The molecule has 1 heterocycles. The van der Waals surface area contributed by atoms with E-state index in [1.165, 1.54) is 32.0 Å². The fraction of sp³-hybridized carbons (Fsp3) is 0.474. The Morgan fingerprint density at radius 3 is 2.50 bits per heavy atom. The lowest BCUT2D eigenvalue weighted by atomic mass is 10.1. The van der Waals surface area contributed by atoms with Gasteiger partial charge >= 0.3 is 0 Å². The molecule has 0 spiro atoms. The topological polar surface area (TPSA) is 61.4 Å². The summed E-state index contributed by atoms with van der Waals surface area (Å²) in [7, 11) is 1.60. The Hall–Kier alpha value is -2.14. The van der Waals surface area contributed by atoms with Crippen LogP contribution in [-0.2, 0) is 4.79 Å². The number of carbonyl (C=O) groups excluding carboxylic acids is 2. The summed E-state index contributed by atoms with van der Waals surface area (Å²) in [4.78, 5) is 25.8. The molecule has 1 unspecified atom stereocenters. The van der Waals surface area contributed by atoms with E-state index in [-0.39, 0.29) is 11.8 Å². The molecule has 1 aliphatic rings. The average Bonchev–Trinajstić information content (AvgIpc) is 3.10. The number of likely N-dealkylation sites (tertiary alicyclic amines) is 1. The Bertz CT molecular complexity index is 575. The maximum Gasteiger partial charge on any atom is 0.251 e. The first-order chi connectivity index (χ1) is 11.6. The highest BCUT2D eigenvalue weighted by Crippen LogP contribution is 2.10. The summed E-state index contributed by atoms with van der Waals surface area (Å²) in [6.07, 6.45) is 5.88. The Morgan fingerprint density at radius 2 is 1.88 bits per heavy atom. The molecular formula is C19H27N3O2. The van der Waals surface area contributed by atoms with Crippen LogP contribution in [0.4, 0.5) is 0 Å². The quantitative estimate of drug-likeness (QED) is 0.751. The van der Waals surface area contributed by atoms with Crippen LogP contribution in [0.5, 0.6) is 0 Å². The second-order valence-electron chi connectivity index (χ2n) is 6.39. The number of nitrogens with one attached hydrogen (secondary N) is 2. The first-order valence-electron chi connectivity index (χ1n) is 8.59. The van der Waals surface area contributed by atoms with Crippen LogP contribution >= 0.6 is 0 Å². The maximum atomic E-state index is 11.9. The molecule has 24 heavy (non-hydrogen) atoms. The summed E-state index contributed by atoms with van der Waals surface area (Å²) in [5.41, 5.74) is 1.50. The van der Waals surface area contributed by atoms with Gasteiger partial charge in [-0.05, 0) is 55.6 Å². The van der Waals surface area contributed by atoms with E-state index in [1.54, 1.807) is 25.3 Å². The number of rotatable bonds is 7. The van der Waals surface area contributed by atoms with Gasteiger partial charge in [-0.1, -0.05) is 19.1 Å². The minimum Gasteiger partial charge on any atom is -0.355 e. The van der Waals surface area contributed by atoms with Crippen molar-refractivity contribution < 1.29 is 9.59 Å². The maximum absolute atomic E-state index is 11.9. The van der Waals surface area contributed by atoms with E-state index >= 15 is 0 Å². The predicted octanol–water partition coefficient (Wildman–Crippen LogP) is 1.91. The molecule has 1 saturated heterocycles. The molecular weight excluding hydrogens is 302 g/mol. The van der Waals surface area contributed by atoms with E-state index in [4.69, 9.17) is 0 Å². The summed E-state index contributed by atoms with van der Waals surface area (Å²) in [5.74, 6) is 0.251. The van der Waals surface area contributed by atoms with E-state index in [2.05, 4.69) is 22.5 Å². The summed E-state index contributed by atoms with van der Waals surface area (Å²) in [5, 5.41) is 5.53. The average molecular weight is 329 g/mol. The van der Waals surface area contributed by atoms with Crippen LogP contribution in [-0.4, -0.2) is 49.9 Å². The molecule has 0 radical (unpaired) electrons. The highest BCUT2D eigenvalue weighted by atomic mass is 16.2. The molecule has 2 amide bonds. The summed E-state index contributed by atoms with van der Waals surface area (Å²) in [6.45, 7) is 6.27.